The molecule has 4 rings (SSSR count). The van der Waals surface area contributed by atoms with Gasteiger partial charge in [-0.3, -0.25) is 14.4 Å². The van der Waals surface area contributed by atoms with Gasteiger partial charge in [-0.2, -0.15) is 0 Å². The fraction of sp³-hybridized carbons (Fsp3) is 0.154. The molecule has 0 saturated carbocycles. The second-order valence-electron chi connectivity index (χ2n) is 7.85. The highest BCUT2D eigenvalue weighted by Gasteiger charge is 2.36. The molecule has 1 N–H and O–H groups in total. The number of para-hydroxylation sites is 1. The number of fused-ring (bicyclic) bond motifs is 1. The van der Waals surface area contributed by atoms with E-state index in [0.717, 1.165) is 16.0 Å². The molecule has 166 valence electrons. The number of imide groups is 1. The number of carbonyl (C=O) groups excluding carboxylic acids is 4. The first-order chi connectivity index (χ1) is 15.8. The molecule has 33 heavy (non-hydrogen) atoms. The predicted molar refractivity (Wildman–Crippen MR) is 123 cm³/mol. The molecule has 7 heteroatoms. The molecule has 0 bridgehead atoms. The molecule has 3 aromatic carbocycles. The number of ether oxygens (including phenoxy) is 1. The maximum absolute atomic E-state index is 12.7. The van der Waals surface area contributed by atoms with Crippen molar-refractivity contribution < 1.29 is 23.9 Å². The molecular formula is C26H22N2O5. The van der Waals surface area contributed by atoms with E-state index in [1.54, 1.807) is 36.4 Å². The first-order valence-corrected chi connectivity index (χ1v) is 10.4. The molecule has 3 aromatic rings. The zero-order chi connectivity index (χ0) is 23.7. The van der Waals surface area contributed by atoms with Crippen molar-refractivity contribution in [1.82, 2.24) is 0 Å². The summed E-state index contributed by atoms with van der Waals surface area (Å²) in [4.78, 5) is 51.8. The van der Waals surface area contributed by atoms with E-state index in [9.17, 15) is 19.2 Å². The van der Waals surface area contributed by atoms with E-state index in [1.165, 1.54) is 19.1 Å². The lowest BCUT2D eigenvalue weighted by atomic mass is 10.1. The van der Waals surface area contributed by atoms with E-state index >= 15 is 0 Å². The monoisotopic (exact) mass is 442 g/mol. The average molecular weight is 442 g/mol. The van der Waals surface area contributed by atoms with E-state index in [-0.39, 0.29) is 11.3 Å². The molecule has 7 nitrogen and oxygen atoms in total. The second-order valence-corrected chi connectivity index (χ2v) is 7.85. The van der Waals surface area contributed by atoms with E-state index in [4.69, 9.17) is 4.74 Å². The zero-order valence-electron chi connectivity index (χ0n) is 18.4. The molecule has 0 saturated heterocycles. The van der Waals surface area contributed by atoms with Crippen LogP contribution in [-0.4, -0.2) is 29.8 Å². The van der Waals surface area contributed by atoms with E-state index in [2.05, 4.69) is 5.32 Å². The van der Waals surface area contributed by atoms with Gasteiger partial charge in [0.2, 0.25) is 0 Å². The summed E-state index contributed by atoms with van der Waals surface area (Å²) >= 11 is 0. The van der Waals surface area contributed by atoms with Gasteiger partial charge in [0, 0.05) is 5.69 Å². The number of carbonyl (C=O) groups is 4. The Morgan fingerprint density at radius 3 is 2.03 bits per heavy atom. The van der Waals surface area contributed by atoms with Gasteiger partial charge < -0.3 is 10.1 Å². The zero-order valence-corrected chi connectivity index (χ0v) is 18.4. The van der Waals surface area contributed by atoms with Crippen molar-refractivity contribution in [3.05, 3.63) is 94.5 Å². The summed E-state index contributed by atoms with van der Waals surface area (Å²) in [5, 5.41) is 2.80. The van der Waals surface area contributed by atoms with Crippen LogP contribution in [0, 0.1) is 13.8 Å². The lowest BCUT2D eigenvalue weighted by molar-refractivity contribution is -0.123. The van der Waals surface area contributed by atoms with Gasteiger partial charge in [0.1, 0.15) is 0 Å². The van der Waals surface area contributed by atoms with Crippen LogP contribution in [0.4, 0.5) is 11.4 Å². The van der Waals surface area contributed by atoms with Crippen LogP contribution in [0.3, 0.4) is 0 Å². The van der Waals surface area contributed by atoms with Crippen LogP contribution < -0.4 is 10.2 Å². The molecule has 3 amide bonds. The molecule has 1 aliphatic heterocycles. The van der Waals surface area contributed by atoms with Gasteiger partial charge in [0.05, 0.1) is 22.4 Å². The molecule has 0 fully saturated rings. The largest absolute Gasteiger partial charge is 0.449 e. The van der Waals surface area contributed by atoms with Crippen molar-refractivity contribution in [3.8, 4) is 0 Å². The van der Waals surface area contributed by atoms with Gasteiger partial charge >= 0.3 is 5.97 Å². The number of esters is 1. The summed E-state index contributed by atoms with van der Waals surface area (Å²) in [5.74, 6) is -2.11. The van der Waals surface area contributed by atoms with Crippen molar-refractivity contribution in [3.63, 3.8) is 0 Å². The van der Waals surface area contributed by atoms with Crippen molar-refractivity contribution in [2.75, 3.05) is 10.2 Å². The normalized spacial score (nSPS) is 13.5. The number of rotatable bonds is 5. The SMILES string of the molecule is Cc1cccc(C)c1NC(=O)[C@H](C)OC(=O)c1cccc(N2C(=O)c3ccccc3C2=O)c1. The van der Waals surface area contributed by atoms with Gasteiger partial charge in [0.25, 0.3) is 17.7 Å². The Balaban J connectivity index is 1.49. The van der Waals surface area contributed by atoms with Gasteiger partial charge in [0.15, 0.2) is 6.10 Å². The summed E-state index contributed by atoms with van der Waals surface area (Å²) in [7, 11) is 0. The Hall–Kier alpha value is -4.26. The lowest BCUT2D eigenvalue weighted by Gasteiger charge is -2.17. The Bertz CT molecular complexity index is 1240. The van der Waals surface area contributed by atoms with Crippen LogP contribution in [0.2, 0.25) is 0 Å². The van der Waals surface area contributed by atoms with Crippen molar-refractivity contribution in [1.29, 1.82) is 0 Å². The van der Waals surface area contributed by atoms with Gasteiger partial charge in [-0.15, -0.1) is 0 Å². The number of hydrogen-bond acceptors (Lipinski definition) is 5. The van der Waals surface area contributed by atoms with Gasteiger partial charge in [-0.25, -0.2) is 9.69 Å². The van der Waals surface area contributed by atoms with Crippen molar-refractivity contribution >= 4 is 35.1 Å². The molecule has 1 heterocycles. The maximum Gasteiger partial charge on any atom is 0.338 e. The fourth-order valence-corrected chi connectivity index (χ4v) is 3.71. The van der Waals surface area contributed by atoms with Gasteiger partial charge in [-0.1, -0.05) is 36.4 Å². The number of nitrogens with one attached hydrogen (secondary N) is 1. The first-order valence-electron chi connectivity index (χ1n) is 10.4. The lowest BCUT2D eigenvalue weighted by Crippen LogP contribution is -2.31. The standard InChI is InChI=1S/C26H22N2O5/c1-15-8-6-9-16(2)22(15)27-23(29)17(3)33-26(32)18-10-7-11-19(14-18)28-24(30)20-12-4-5-13-21(20)25(28)31/h4-14,17H,1-3H3,(H,27,29)/t17-/m0/s1. The highest BCUT2D eigenvalue weighted by molar-refractivity contribution is 6.34. The number of hydrogen-bond donors (Lipinski definition) is 1. The van der Waals surface area contributed by atoms with Gasteiger partial charge in [-0.05, 0) is 62.2 Å². The van der Waals surface area contributed by atoms with E-state index in [1.807, 2.05) is 32.0 Å². The Morgan fingerprint density at radius 1 is 0.848 bits per heavy atom. The summed E-state index contributed by atoms with van der Waals surface area (Å²) in [6.45, 7) is 5.24. The smallest absolute Gasteiger partial charge is 0.338 e. The fourth-order valence-electron chi connectivity index (χ4n) is 3.71. The maximum atomic E-state index is 12.7. The number of nitrogens with zero attached hydrogens (tertiary/aromatic N) is 1. The van der Waals surface area contributed by atoms with Crippen molar-refractivity contribution in [2.24, 2.45) is 0 Å². The van der Waals surface area contributed by atoms with Crippen LogP contribution in [0.25, 0.3) is 0 Å². The second kappa shape index (κ2) is 8.70. The minimum atomic E-state index is -1.06. The van der Waals surface area contributed by atoms with E-state index < -0.39 is 29.8 Å². The van der Waals surface area contributed by atoms with Crippen LogP contribution in [0.5, 0.6) is 0 Å². The summed E-state index contributed by atoms with van der Waals surface area (Å²) in [5.41, 5.74) is 3.47. The number of aryl methyl sites for hydroxylation is 2. The molecule has 0 radical (unpaired) electrons. The molecular weight excluding hydrogens is 420 g/mol. The van der Waals surface area contributed by atoms with E-state index in [0.29, 0.717) is 16.8 Å². The minimum absolute atomic E-state index is 0.121. The molecule has 1 atom stereocenters. The highest BCUT2D eigenvalue weighted by atomic mass is 16.5. The Labute approximate surface area is 191 Å². The molecule has 1 aliphatic rings. The average Bonchev–Trinajstić information content (AvgIpc) is 3.06. The highest BCUT2D eigenvalue weighted by Crippen LogP contribution is 2.29. The number of anilines is 2. The quantitative estimate of drug-likeness (QED) is 0.470. The summed E-state index contributed by atoms with van der Waals surface area (Å²) in [6.07, 6.45) is -1.06. The van der Waals surface area contributed by atoms with Crippen LogP contribution in [0.15, 0.2) is 66.7 Å². The molecule has 0 aromatic heterocycles. The minimum Gasteiger partial charge on any atom is -0.449 e. The third kappa shape index (κ3) is 4.13. The Kier molecular flexibility index (Phi) is 5.79. The van der Waals surface area contributed by atoms with Crippen LogP contribution in [-0.2, 0) is 9.53 Å². The van der Waals surface area contributed by atoms with Crippen molar-refractivity contribution in [2.45, 2.75) is 26.9 Å². The topological polar surface area (TPSA) is 92.8 Å². The predicted octanol–water partition coefficient (Wildman–Crippen LogP) is 4.29. The number of benzene rings is 3. The summed E-state index contributed by atoms with van der Waals surface area (Å²) in [6, 6.07) is 18.2. The van der Waals surface area contributed by atoms with Crippen LogP contribution in [0.1, 0.15) is 49.1 Å². The molecule has 0 unspecified atom stereocenters. The first kappa shape index (κ1) is 22.0. The third-order valence-corrected chi connectivity index (χ3v) is 5.52. The Morgan fingerprint density at radius 2 is 1.42 bits per heavy atom. The molecule has 0 aliphatic carbocycles. The summed E-state index contributed by atoms with van der Waals surface area (Å²) < 4.78 is 5.34. The third-order valence-electron chi connectivity index (χ3n) is 5.52. The van der Waals surface area contributed by atoms with Crippen LogP contribution >= 0.6 is 0 Å². The number of amides is 3. The molecule has 0 spiro atoms.